The maximum Gasteiger partial charge on any atom is 0.358 e. The van der Waals surface area contributed by atoms with Crippen molar-refractivity contribution in [3.63, 3.8) is 0 Å². The summed E-state index contributed by atoms with van der Waals surface area (Å²) in [5.41, 5.74) is 5.12. The number of nitrogens with zero attached hydrogens (tertiary/aromatic N) is 2. The molecule has 0 bridgehead atoms. The number of rotatable bonds is 2. The van der Waals surface area contributed by atoms with Gasteiger partial charge in [-0.2, -0.15) is 0 Å². The zero-order valence-corrected chi connectivity index (χ0v) is 7.60. The predicted molar refractivity (Wildman–Crippen MR) is 51.0 cm³/mol. The van der Waals surface area contributed by atoms with E-state index in [-0.39, 0.29) is 23.6 Å². The van der Waals surface area contributed by atoms with Crippen LogP contribution in [0.4, 0.5) is 5.82 Å². The van der Waals surface area contributed by atoms with Crippen molar-refractivity contribution in [2.75, 3.05) is 5.73 Å². The lowest BCUT2D eigenvalue weighted by molar-refractivity contribution is -0.107. The standard InChI is InChI=1S/C9H7N3O3/c10-8-7(9(14)15)12-6(5-11-8)3-1-2-4-13/h4-5H,2H2,(H2,10,11)(H,14,15). The summed E-state index contributed by atoms with van der Waals surface area (Å²) in [6.45, 7) is 0. The Kier molecular flexibility index (Phi) is 3.35. The Balaban J connectivity index is 3.04. The van der Waals surface area contributed by atoms with Gasteiger partial charge in [0.15, 0.2) is 11.5 Å². The van der Waals surface area contributed by atoms with E-state index in [1.54, 1.807) is 0 Å². The van der Waals surface area contributed by atoms with Crippen LogP contribution in [0, 0.1) is 11.8 Å². The Hall–Kier alpha value is -2.42. The molecule has 6 heteroatoms. The molecule has 0 saturated carbocycles. The molecule has 3 N–H and O–H groups in total. The molecule has 0 spiro atoms. The molecule has 1 aromatic heterocycles. The number of aromatic nitrogens is 2. The van der Waals surface area contributed by atoms with Gasteiger partial charge in [0.2, 0.25) is 0 Å². The number of nitrogen functional groups attached to an aromatic ring is 1. The van der Waals surface area contributed by atoms with Crippen molar-refractivity contribution in [3.05, 3.63) is 17.6 Å². The molecule has 15 heavy (non-hydrogen) atoms. The van der Waals surface area contributed by atoms with Gasteiger partial charge >= 0.3 is 5.97 Å². The van der Waals surface area contributed by atoms with Gasteiger partial charge in [0.05, 0.1) is 12.6 Å². The Bertz CT molecular complexity index is 459. The molecule has 0 aliphatic carbocycles. The van der Waals surface area contributed by atoms with Crippen molar-refractivity contribution in [3.8, 4) is 11.8 Å². The van der Waals surface area contributed by atoms with Gasteiger partial charge in [0.1, 0.15) is 12.0 Å². The van der Waals surface area contributed by atoms with Crippen LogP contribution in [-0.2, 0) is 4.79 Å². The molecule has 0 saturated heterocycles. The van der Waals surface area contributed by atoms with E-state index >= 15 is 0 Å². The van der Waals surface area contributed by atoms with Crippen LogP contribution >= 0.6 is 0 Å². The quantitative estimate of drug-likeness (QED) is 0.507. The first-order valence-electron chi connectivity index (χ1n) is 3.93. The maximum atomic E-state index is 10.6. The van der Waals surface area contributed by atoms with Gasteiger partial charge in [-0.3, -0.25) is 0 Å². The number of aromatic carboxylic acids is 1. The fourth-order valence-corrected chi connectivity index (χ4v) is 0.799. The van der Waals surface area contributed by atoms with E-state index in [1.165, 1.54) is 6.20 Å². The molecular weight excluding hydrogens is 198 g/mol. The molecule has 0 unspecified atom stereocenters. The number of carbonyl (C=O) groups excluding carboxylic acids is 1. The van der Waals surface area contributed by atoms with E-state index in [1.807, 2.05) is 0 Å². The number of hydrogen-bond donors (Lipinski definition) is 2. The topological polar surface area (TPSA) is 106 Å². The van der Waals surface area contributed by atoms with Crippen molar-refractivity contribution < 1.29 is 14.7 Å². The van der Waals surface area contributed by atoms with Crippen molar-refractivity contribution >= 4 is 18.1 Å². The Morgan fingerprint density at radius 2 is 2.40 bits per heavy atom. The highest BCUT2D eigenvalue weighted by molar-refractivity contribution is 5.90. The van der Waals surface area contributed by atoms with Crippen LogP contribution in [0.3, 0.4) is 0 Å². The minimum Gasteiger partial charge on any atom is -0.476 e. The van der Waals surface area contributed by atoms with Gasteiger partial charge in [-0.15, -0.1) is 0 Å². The highest BCUT2D eigenvalue weighted by atomic mass is 16.4. The van der Waals surface area contributed by atoms with Gasteiger partial charge in [0.25, 0.3) is 0 Å². The fourth-order valence-electron chi connectivity index (χ4n) is 0.799. The van der Waals surface area contributed by atoms with E-state index in [0.29, 0.717) is 6.29 Å². The maximum absolute atomic E-state index is 10.6. The molecule has 0 aromatic carbocycles. The zero-order valence-electron chi connectivity index (χ0n) is 7.60. The van der Waals surface area contributed by atoms with E-state index in [9.17, 15) is 9.59 Å². The summed E-state index contributed by atoms with van der Waals surface area (Å²) in [7, 11) is 0. The second-order valence-electron chi connectivity index (χ2n) is 2.47. The largest absolute Gasteiger partial charge is 0.476 e. The number of carbonyl (C=O) groups is 2. The number of carboxylic acids is 1. The summed E-state index contributed by atoms with van der Waals surface area (Å²) in [5, 5.41) is 8.67. The molecule has 1 heterocycles. The first-order chi connectivity index (χ1) is 7.15. The lowest BCUT2D eigenvalue weighted by Gasteiger charge is -1.97. The first kappa shape index (κ1) is 10.7. The molecule has 6 nitrogen and oxygen atoms in total. The van der Waals surface area contributed by atoms with Crippen molar-refractivity contribution in [1.29, 1.82) is 0 Å². The average Bonchev–Trinajstić information content (AvgIpc) is 2.20. The highest BCUT2D eigenvalue weighted by Crippen LogP contribution is 2.04. The summed E-state index contributed by atoms with van der Waals surface area (Å²) in [6, 6.07) is 0. The van der Waals surface area contributed by atoms with E-state index in [0.717, 1.165) is 0 Å². The van der Waals surface area contributed by atoms with Gasteiger partial charge in [-0.1, -0.05) is 5.92 Å². The smallest absolute Gasteiger partial charge is 0.358 e. The average molecular weight is 205 g/mol. The summed E-state index contributed by atoms with van der Waals surface area (Å²) < 4.78 is 0. The third-order valence-corrected chi connectivity index (χ3v) is 1.41. The third-order valence-electron chi connectivity index (χ3n) is 1.41. The number of nitrogens with two attached hydrogens (primary N) is 1. The van der Waals surface area contributed by atoms with Crippen LogP contribution in [0.5, 0.6) is 0 Å². The van der Waals surface area contributed by atoms with Gasteiger partial charge in [-0.25, -0.2) is 14.8 Å². The lowest BCUT2D eigenvalue weighted by atomic mass is 10.3. The number of hydrogen-bond acceptors (Lipinski definition) is 5. The minimum atomic E-state index is -1.26. The molecule has 0 aliphatic rings. The summed E-state index contributed by atoms with van der Waals surface area (Å²) in [4.78, 5) is 27.9. The molecule has 1 rings (SSSR count). The number of aldehydes is 1. The van der Waals surface area contributed by atoms with Crippen LogP contribution in [0.2, 0.25) is 0 Å². The zero-order chi connectivity index (χ0) is 11.3. The van der Waals surface area contributed by atoms with E-state index < -0.39 is 5.97 Å². The molecule has 0 amide bonds. The Morgan fingerprint density at radius 1 is 1.67 bits per heavy atom. The van der Waals surface area contributed by atoms with Crippen LogP contribution in [0.1, 0.15) is 22.6 Å². The van der Waals surface area contributed by atoms with Crippen molar-refractivity contribution in [1.82, 2.24) is 9.97 Å². The van der Waals surface area contributed by atoms with Gasteiger partial charge < -0.3 is 15.6 Å². The first-order valence-corrected chi connectivity index (χ1v) is 3.93. The molecule has 76 valence electrons. The summed E-state index contributed by atoms with van der Waals surface area (Å²) >= 11 is 0. The molecule has 0 aliphatic heterocycles. The SMILES string of the molecule is Nc1ncc(C#CCC=O)nc1C(=O)O. The third kappa shape index (κ3) is 2.77. The molecule has 0 atom stereocenters. The molecular formula is C9H7N3O3. The van der Waals surface area contributed by atoms with Crippen LogP contribution in [0.25, 0.3) is 0 Å². The monoisotopic (exact) mass is 205 g/mol. The molecule has 0 fully saturated rings. The second kappa shape index (κ2) is 4.72. The van der Waals surface area contributed by atoms with Crippen LogP contribution < -0.4 is 5.73 Å². The van der Waals surface area contributed by atoms with E-state index in [4.69, 9.17) is 10.8 Å². The van der Waals surface area contributed by atoms with Crippen LogP contribution in [-0.4, -0.2) is 27.3 Å². The Morgan fingerprint density at radius 3 is 3.00 bits per heavy atom. The lowest BCUT2D eigenvalue weighted by Crippen LogP contribution is -2.08. The van der Waals surface area contributed by atoms with Crippen molar-refractivity contribution in [2.45, 2.75) is 6.42 Å². The Labute approximate surface area is 85.2 Å². The fraction of sp³-hybridized carbons (Fsp3) is 0.111. The van der Waals surface area contributed by atoms with Gasteiger partial charge in [0, 0.05) is 0 Å². The minimum absolute atomic E-state index is 0.0639. The van der Waals surface area contributed by atoms with Gasteiger partial charge in [-0.05, 0) is 5.92 Å². The predicted octanol–water partition coefficient (Wildman–Crippen LogP) is -0.302. The normalized spacial score (nSPS) is 8.80. The van der Waals surface area contributed by atoms with Crippen molar-refractivity contribution in [2.24, 2.45) is 0 Å². The summed E-state index contributed by atoms with van der Waals surface area (Å²) in [5.74, 6) is 3.55. The molecule has 1 aromatic rings. The summed E-state index contributed by atoms with van der Waals surface area (Å²) in [6.07, 6.45) is 1.95. The molecule has 0 radical (unpaired) electrons. The van der Waals surface area contributed by atoms with E-state index in [2.05, 4.69) is 21.8 Å². The number of anilines is 1. The highest BCUT2D eigenvalue weighted by Gasteiger charge is 2.10. The van der Waals surface area contributed by atoms with Crippen LogP contribution in [0.15, 0.2) is 6.20 Å². The number of carboxylic acid groups (broad SMARTS) is 1. The second-order valence-corrected chi connectivity index (χ2v) is 2.47.